The average molecular weight is 275 g/mol. The molecule has 0 unspecified atom stereocenters. The van der Waals surface area contributed by atoms with E-state index < -0.39 is 9.76 Å². The Morgan fingerprint density at radius 2 is 1.63 bits per heavy atom. The smallest absolute Gasteiger partial charge is 0.212 e. The van der Waals surface area contributed by atoms with Crippen LogP contribution in [0.4, 0.5) is 0 Å². The Hall–Kier alpha value is -0.673. The Bertz CT molecular complexity index is 356. The van der Waals surface area contributed by atoms with Gasteiger partial charge in [0.1, 0.15) is 0 Å². The van der Waals surface area contributed by atoms with E-state index in [2.05, 4.69) is 17.1 Å². The van der Waals surface area contributed by atoms with Crippen LogP contribution < -0.4 is 5.32 Å². The molecule has 0 bridgehead atoms. The molecule has 2 fully saturated rings. The molecule has 3 rings (SSSR count). The van der Waals surface area contributed by atoms with Gasteiger partial charge in [-0.25, -0.2) is 0 Å². The molecular weight excluding hydrogens is 250 g/mol. The summed E-state index contributed by atoms with van der Waals surface area (Å²) in [5, 5.41) is 1.21. The molecule has 0 amide bonds. The zero-order chi connectivity index (χ0) is 12.9. The Balaban J connectivity index is 1.61. The minimum atomic E-state index is -0.637. The summed E-state index contributed by atoms with van der Waals surface area (Å²) in [6.07, 6.45) is 13.7. The van der Waals surface area contributed by atoms with Crippen LogP contribution in [0.2, 0.25) is 0 Å². The highest BCUT2D eigenvalue weighted by molar-refractivity contribution is 6.45. The molecule has 1 heterocycles. The van der Waals surface area contributed by atoms with E-state index in [0.717, 1.165) is 11.8 Å². The first-order chi connectivity index (χ1) is 9.43. The molecule has 3 heteroatoms. The SMILES string of the molecule is c1ccc([SiH2]OC(C2CCCC2)C2CCCC2)nc1. The van der Waals surface area contributed by atoms with Crippen LogP contribution in [0.15, 0.2) is 24.4 Å². The van der Waals surface area contributed by atoms with Gasteiger partial charge in [-0.3, -0.25) is 4.98 Å². The average Bonchev–Trinajstić information content (AvgIpc) is 3.13. The fourth-order valence-corrected chi connectivity index (χ4v) is 5.21. The molecule has 104 valence electrons. The predicted molar refractivity (Wildman–Crippen MR) is 81.2 cm³/mol. The molecule has 2 saturated carbocycles. The van der Waals surface area contributed by atoms with Crippen molar-refractivity contribution < 1.29 is 4.43 Å². The third kappa shape index (κ3) is 3.45. The van der Waals surface area contributed by atoms with Crippen molar-refractivity contribution in [1.82, 2.24) is 4.98 Å². The lowest BCUT2D eigenvalue weighted by Gasteiger charge is -2.29. The zero-order valence-electron chi connectivity index (χ0n) is 11.8. The Labute approximate surface area is 118 Å². The van der Waals surface area contributed by atoms with E-state index in [1.807, 2.05) is 12.3 Å². The van der Waals surface area contributed by atoms with Gasteiger partial charge in [0.15, 0.2) is 0 Å². The fraction of sp³-hybridized carbons (Fsp3) is 0.688. The van der Waals surface area contributed by atoms with Gasteiger partial charge in [0.05, 0.1) is 6.10 Å². The van der Waals surface area contributed by atoms with E-state index in [1.54, 1.807) is 0 Å². The van der Waals surface area contributed by atoms with E-state index in [-0.39, 0.29) is 0 Å². The first kappa shape index (κ1) is 13.3. The number of hydrogen-bond donors (Lipinski definition) is 0. The standard InChI is InChI=1S/C16H25NOSi/c1-2-8-13(7-1)16(14-9-3-4-10-14)18-19-15-11-5-6-12-17-15/h5-6,11-14,16H,1-4,7-10,19H2. The van der Waals surface area contributed by atoms with Gasteiger partial charge in [0, 0.05) is 11.5 Å². The van der Waals surface area contributed by atoms with Gasteiger partial charge in [0.2, 0.25) is 9.76 Å². The Morgan fingerprint density at radius 3 is 2.16 bits per heavy atom. The van der Waals surface area contributed by atoms with Gasteiger partial charge in [-0.05, 0) is 49.7 Å². The van der Waals surface area contributed by atoms with Crippen LogP contribution >= 0.6 is 0 Å². The van der Waals surface area contributed by atoms with E-state index >= 15 is 0 Å². The summed E-state index contributed by atoms with van der Waals surface area (Å²) in [5.74, 6) is 1.69. The van der Waals surface area contributed by atoms with Crippen molar-refractivity contribution in [3.05, 3.63) is 24.4 Å². The molecule has 0 spiro atoms. The van der Waals surface area contributed by atoms with Crippen LogP contribution in [0, 0.1) is 11.8 Å². The summed E-state index contributed by atoms with van der Waals surface area (Å²) in [5.41, 5.74) is 0. The summed E-state index contributed by atoms with van der Waals surface area (Å²) in [7, 11) is -0.637. The molecule has 0 N–H and O–H groups in total. The number of rotatable bonds is 5. The number of nitrogens with zero attached hydrogens (tertiary/aromatic N) is 1. The van der Waals surface area contributed by atoms with Crippen molar-refractivity contribution in [2.75, 3.05) is 0 Å². The predicted octanol–water partition coefficient (Wildman–Crippen LogP) is 2.56. The lowest BCUT2D eigenvalue weighted by Crippen LogP contribution is -2.35. The second-order valence-electron chi connectivity index (χ2n) is 6.19. The molecule has 0 atom stereocenters. The maximum Gasteiger partial charge on any atom is 0.212 e. The van der Waals surface area contributed by atoms with E-state index in [0.29, 0.717) is 6.10 Å². The largest absolute Gasteiger partial charge is 0.413 e. The van der Waals surface area contributed by atoms with E-state index in [4.69, 9.17) is 4.43 Å². The molecule has 2 aliphatic carbocycles. The monoisotopic (exact) mass is 275 g/mol. The molecule has 0 radical (unpaired) electrons. The van der Waals surface area contributed by atoms with Crippen LogP contribution in [0.1, 0.15) is 51.4 Å². The number of aromatic nitrogens is 1. The molecular formula is C16H25NOSi. The number of pyridine rings is 1. The molecule has 1 aromatic heterocycles. The van der Waals surface area contributed by atoms with Crippen molar-refractivity contribution in [3.8, 4) is 0 Å². The van der Waals surface area contributed by atoms with Crippen molar-refractivity contribution >= 4 is 15.1 Å². The zero-order valence-corrected chi connectivity index (χ0v) is 13.2. The lowest BCUT2D eigenvalue weighted by molar-refractivity contribution is 0.0850. The fourth-order valence-electron chi connectivity index (χ4n) is 3.89. The highest BCUT2D eigenvalue weighted by atomic mass is 28.2. The van der Waals surface area contributed by atoms with Crippen molar-refractivity contribution in [1.29, 1.82) is 0 Å². The minimum absolute atomic E-state index is 0.554. The number of hydrogen-bond acceptors (Lipinski definition) is 2. The topological polar surface area (TPSA) is 22.1 Å². The highest BCUT2D eigenvalue weighted by Crippen LogP contribution is 2.38. The third-order valence-corrected chi connectivity index (χ3v) is 6.14. The molecule has 2 nitrogen and oxygen atoms in total. The minimum Gasteiger partial charge on any atom is -0.413 e. The first-order valence-corrected chi connectivity index (χ1v) is 9.23. The van der Waals surface area contributed by atoms with Crippen LogP contribution in [0.25, 0.3) is 0 Å². The molecule has 19 heavy (non-hydrogen) atoms. The molecule has 0 aliphatic heterocycles. The molecule has 1 aromatic rings. The quantitative estimate of drug-likeness (QED) is 0.771. The van der Waals surface area contributed by atoms with Gasteiger partial charge >= 0.3 is 0 Å². The van der Waals surface area contributed by atoms with Crippen LogP contribution in [-0.2, 0) is 4.43 Å². The van der Waals surface area contributed by atoms with Gasteiger partial charge < -0.3 is 4.43 Å². The second kappa shape index (κ2) is 6.66. The van der Waals surface area contributed by atoms with Crippen LogP contribution in [0.5, 0.6) is 0 Å². The third-order valence-electron chi connectivity index (χ3n) is 4.88. The molecule has 2 aliphatic rings. The summed E-state index contributed by atoms with van der Waals surface area (Å²) in [4.78, 5) is 4.44. The summed E-state index contributed by atoms with van der Waals surface area (Å²) < 4.78 is 6.47. The van der Waals surface area contributed by atoms with E-state index in [1.165, 1.54) is 56.7 Å². The summed E-state index contributed by atoms with van der Waals surface area (Å²) in [6.45, 7) is 0. The first-order valence-electron chi connectivity index (χ1n) is 7.95. The van der Waals surface area contributed by atoms with Crippen LogP contribution in [0.3, 0.4) is 0 Å². The van der Waals surface area contributed by atoms with Gasteiger partial charge in [-0.15, -0.1) is 0 Å². The Kier molecular flexibility index (Phi) is 4.67. The summed E-state index contributed by atoms with van der Waals surface area (Å²) >= 11 is 0. The molecule has 0 aromatic carbocycles. The lowest BCUT2D eigenvalue weighted by atomic mass is 9.89. The van der Waals surface area contributed by atoms with Gasteiger partial charge in [-0.2, -0.15) is 0 Å². The second-order valence-corrected chi connectivity index (χ2v) is 7.53. The Morgan fingerprint density at radius 1 is 1.00 bits per heavy atom. The van der Waals surface area contributed by atoms with Crippen molar-refractivity contribution in [2.24, 2.45) is 11.8 Å². The van der Waals surface area contributed by atoms with Crippen LogP contribution in [-0.4, -0.2) is 20.9 Å². The molecule has 0 saturated heterocycles. The van der Waals surface area contributed by atoms with Gasteiger partial charge in [-0.1, -0.05) is 31.7 Å². The van der Waals surface area contributed by atoms with E-state index in [9.17, 15) is 0 Å². The summed E-state index contributed by atoms with van der Waals surface area (Å²) in [6, 6.07) is 6.20. The maximum absolute atomic E-state index is 6.47. The van der Waals surface area contributed by atoms with Crippen molar-refractivity contribution in [2.45, 2.75) is 57.5 Å². The van der Waals surface area contributed by atoms with Crippen molar-refractivity contribution in [3.63, 3.8) is 0 Å². The normalized spacial score (nSPS) is 22.2. The maximum atomic E-state index is 6.47. The van der Waals surface area contributed by atoms with Gasteiger partial charge in [0.25, 0.3) is 0 Å². The highest BCUT2D eigenvalue weighted by Gasteiger charge is 2.33.